The maximum atomic E-state index is 14.0. The van der Waals surface area contributed by atoms with Crippen LogP contribution in [0.25, 0.3) is 0 Å². The number of aromatic hydroxyl groups is 1. The second-order valence-corrected chi connectivity index (χ2v) is 11.6. The van der Waals surface area contributed by atoms with Gasteiger partial charge in [0.05, 0.1) is 6.61 Å². The van der Waals surface area contributed by atoms with Gasteiger partial charge < -0.3 is 30.5 Å². The lowest BCUT2D eigenvalue weighted by atomic mass is 9.96. The number of aryl methyl sites for hydroxylation is 1. The summed E-state index contributed by atoms with van der Waals surface area (Å²) in [5.74, 6) is -0.507. The van der Waals surface area contributed by atoms with Crippen LogP contribution in [0, 0.1) is 12.8 Å². The zero-order chi connectivity index (χ0) is 29.2. The highest BCUT2D eigenvalue weighted by molar-refractivity contribution is 5.92. The lowest BCUT2D eigenvalue weighted by molar-refractivity contribution is -0.146. The van der Waals surface area contributed by atoms with Gasteiger partial charge in [-0.3, -0.25) is 9.59 Å². The van der Waals surface area contributed by atoms with Gasteiger partial charge in [0.15, 0.2) is 0 Å². The molecule has 0 aliphatic rings. The van der Waals surface area contributed by atoms with Crippen LogP contribution >= 0.6 is 0 Å². The molecule has 216 valence electrons. The van der Waals surface area contributed by atoms with Crippen LogP contribution in [0.3, 0.4) is 0 Å². The van der Waals surface area contributed by atoms with Crippen LogP contribution in [-0.2, 0) is 14.3 Å². The summed E-state index contributed by atoms with van der Waals surface area (Å²) in [6.07, 6.45) is 2.23. The summed E-state index contributed by atoms with van der Waals surface area (Å²) in [5, 5.41) is 25.8. The third kappa shape index (κ3) is 10.5. The van der Waals surface area contributed by atoms with Crippen molar-refractivity contribution < 1.29 is 29.3 Å². The average Bonchev–Trinajstić information content (AvgIpc) is 2.79. The Morgan fingerprint density at radius 3 is 2.16 bits per heavy atom. The lowest BCUT2D eigenvalue weighted by Crippen LogP contribution is -2.57. The van der Waals surface area contributed by atoms with E-state index in [1.807, 2.05) is 20.8 Å². The van der Waals surface area contributed by atoms with Crippen molar-refractivity contribution >= 4 is 17.9 Å². The Kier molecular flexibility index (Phi) is 13.1. The van der Waals surface area contributed by atoms with E-state index in [0.717, 1.165) is 19.3 Å². The topological polar surface area (TPSA) is 128 Å². The minimum atomic E-state index is -1.31. The number of aliphatic hydroxyl groups excluding tert-OH is 1. The van der Waals surface area contributed by atoms with Crippen LogP contribution in [0.4, 0.5) is 4.79 Å². The molecule has 4 atom stereocenters. The molecule has 0 saturated heterocycles. The molecule has 0 spiro atoms. The fraction of sp³-hybridized carbons (Fsp3) is 0.690. The highest BCUT2D eigenvalue weighted by Gasteiger charge is 2.39. The number of rotatable bonds is 13. The van der Waals surface area contributed by atoms with Crippen LogP contribution < -0.4 is 10.6 Å². The predicted octanol–water partition coefficient (Wildman–Crippen LogP) is 4.59. The smallest absolute Gasteiger partial charge is 0.408 e. The van der Waals surface area contributed by atoms with E-state index in [0.29, 0.717) is 23.5 Å². The van der Waals surface area contributed by atoms with E-state index in [4.69, 9.17) is 4.74 Å². The Bertz CT molecular complexity index is 927. The van der Waals surface area contributed by atoms with E-state index < -0.39 is 42.3 Å². The summed E-state index contributed by atoms with van der Waals surface area (Å²) in [7, 11) is 0. The molecule has 0 radical (unpaired) electrons. The molecule has 4 N–H and O–H groups in total. The van der Waals surface area contributed by atoms with Gasteiger partial charge in [0.1, 0.15) is 23.4 Å². The van der Waals surface area contributed by atoms with Gasteiger partial charge in [-0.25, -0.2) is 4.79 Å². The van der Waals surface area contributed by atoms with Crippen molar-refractivity contribution in [3.05, 3.63) is 29.3 Å². The molecule has 0 bridgehead atoms. The third-order valence-electron chi connectivity index (χ3n) is 6.24. The largest absolute Gasteiger partial charge is 0.508 e. The number of amides is 3. The molecule has 0 fully saturated rings. The fourth-order valence-corrected chi connectivity index (χ4v) is 4.24. The van der Waals surface area contributed by atoms with E-state index in [9.17, 15) is 24.6 Å². The number of nitrogens with zero attached hydrogens (tertiary/aromatic N) is 1. The number of benzene rings is 1. The Morgan fingerprint density at radius 2 is 1.66 bits per heavy atom. The Balaban J connectivity index is 3.59. The molecule has 4 unspecified atom stereocenters. The molecule has 0 aromatic heterocycles. The van der Waals surface area contributed by atoms with Gasteiger partial charge >= 0.3 is 6.09 Å². The third-order valence-corrected chi connectivity index (χ3v) is 6.24. The molecule has 0 heterocycles. The average molecular weight is 536 g/mol. The number of carbonyl (C=O) groups is 3. The van der Waals surface area contributed by atoms with Crippen molar-refractivity contribution in [3.8, 4) is 5.75 Å². The molecule has 0 aliphatic heterocycles. The summed E-state index contributed by atoms with van der Waals surface area (Å²) in [5.41, 5.74) is 0.300. The summed E-state index contributed by atoms with van der Waals surface area (Å²) in [4.78, 5) is 41.8. The highest BCUT2D eigenvalue weighted by atomic mass is 16.6. The second-order valence-electron chi connectivity index (χ2n) is 11.6. The molecule has 9 nitrogen and oxygen atoms in total. The van der Waals surface area contributed by atoms with Gasteiger partial charge in [0, 0.05) is 12.1 Å². The molecule has 1 aromatic rings. The van der Waals surface area contributed by atoms with E-state index in [1.54, 1.807) is 39.8 Å². The number of carbonyl (C=O) groups excluding carboxylic acids is 3. The van der Waals surface area contributed by atoms with Crippen LogP contribution in [0.2, 0.25) is 0 Å². The van der Waals surface area contributed by atoms with Crippen molar-refractivity contribution in [2.45, 2.75) is 118 Å². The number of ether oxygens (including phenoxy) is 1. The van der Waals surface area contributed by atoms with Crippen molar-refractivity contribution in [2.24, 2.45) is 5.92 Å². The lowest BCUT2D eigenvalue weighted by Gasteiger charge is -2.39. The quantitative estimate of drug-likeness (QED) is 0.293. The molecule has 0 aliphatic carbocycles. The summed E-state index contributed by atoms with van der Waals surface area (Å²) < 4.78 is 5.30. The van der Waals surface area contributed by atoms with Crippen LogP contribution in [0.5, 0.6) is 5.75 Å². The van der Waals surface area contributed by atoms with Crippen LogP contribution in [0.1, 0.15) is 98.2 Å². The number of hydrogen-bond donors (Lipinski definition) is 4. The molecule has 3 amide bonds. The van der Waals surface area contributed by atoms with Crippen LogP contribution in [-0.4, -0.2) is 63.4 Å². The van der Waals surface area contributed by atoms with E-state index in [2.05, 4.69) is 24.5 Å². The Labute approximate surface area is 228 Å². The number of phenolic OH excluding ortho intramolecular Hbond substituents is 1. The minimum Gasteiger partial charge on any atom is -0.508 e. The molecule has 38 heavy (non-hydrogen) atoms. The summed E-state index contributed by atoms with van der Waals surface area (Å²) in [6.45, 7) is 16.1. The summed E-state index contributed by atoms with van der Waals surface area (Å²) >= 11 is 0. The molecule has 1 aromatic carbocycles. The number of nitrogens with one attached hydrogen (secondary N) is 2. The molecule has 0 saturated carbocycles. The van der Waals surface area contributed by atoms with Crippen molar-refractivity contribution in [3.63, 3.8) is 0 Å². The number of hydrogen-bond acceptors (Lipinski definition) is 6. The van der Waals surface area contributed by atoms with Crippen molar-refractivity contribution in [1.29, 1.82) is 0 Å². The maximum Gasteiger partial charge on any atom is 0.408 e. The fourth-order valence-electron chi connectivity index (χ4n) is 4.24. The summed E-state index contributed by atoms with van der Waals surface area (Å²) in [6, 6.07) is 1.95. The standard InChI is InChI=1S/C29H49N3O6/c1-10-11-20(5)30-26(35)25(22-14-15-24(34)19(4)16-22)32(21(6)13-12-18(2)3)27(36)23(17-33)31-28(37)38-29(7,8)9/h14-16,18,20-21,23,25,33-34H,10-13,17H2,1-9H3,(H,30,35)(H,31,37). The van der Waals surface area contributed by atoms with Crippen molar-refractivity contribution in [1.82, 2.24) is 15.5 Å². The predicted molar refractivity (Wildman–Crippen MR) is 149 cm³/mol. The molecular formula is C29H49N3O6. The van der Waals surface area contributed by atoms with E-state index >= 15 is 0 Å². The first-order valence-electron chi connectivity index (χ1n) is 13.6. The van der Waals surface area contributed by atoms with Gasteiger partial charge in [0.2, 0.25) is 11.8 Å². The number of phenols is 1. The monoisotopic (exact) mass is 535 g/mol. The molecule has 9 heteroatoms. The zero-order valence-electron chi connectivity index (χ0n) is 24.6. The minimum absolute atomic E-state index is 0.0813. The van der Waals surface area contributed by atoms with Crippen LogP contribution in [0.15, 0.2) is 18.2 Å². The first-order chi connectivity index (χ1) is 17.6. The first-order valence-corrected chi connectivity index (χ1v) is 13.6. The Hall–Kier alpha value is -2.81. The van der Waals surface area contributed by atoms with Gasteiger partial charge in [-0.05, 0) is 90.0 Å². The van der Waals surface area contributed by atoms with Crippen molar-refractivity contribution in [2.75, 3.05) is 6.61 Å². The van der Waals surface area contributed by atoms with Gasteiger partial charge in [-0.15, -0.1) is 0 Å². The maximum absolute atomic E-state index is 14.0. The van der Waals surface area contributed by atoms with Gasteiger partial charge in [0.25, 0.3) is 0 Å². The molecular weight excluding hydrogens is 486 g/mol. The Morgan fingerprint density at radius 1 is 1.03 bits per heavy atom. The van der Waals surface area contributed by atoms with Gasteiger partial charge in [-0.2, -0.15) is 0 Å². The second kappa shape index (κ2) is 15.0. The first kappa shape index (κ1) is 33.2. The SMILES string of the molecule is CCCC(C)NC(=O)C(c1ccc(O)c(C)c1)N(C(=O)C(CO)NC(=O)OC(C)(C)C)C(C)CCC(C)C. The number of aliphatic hydroxyl groups is 1. The van der Waals surface area contributed by atoms with Gasteiger partial charge in [-0.1, -0.05) is 33.3 Å². The van der Waals surface area contributed by atoms with E-state index in [1.165, 1.54) is 11.0 Å². The normalized spacial score (nSPS) is 14.8. The number of alkyl carbamates (subject to hydrolysis) is 1. The zero-order valence-corrected chi connectivity index (χ0v) is 24.6. The molecule has 1 rings (SSSR count). The highest BCUT2D eigenvalue weighted by Crippen LogP contribution is 2.30. The van der Waals surface area contributed by atoms with E-state index in [-0.39, 0.29) is 17.7 Å².